The summed E-state index contributed by atoms with van der Waals surface area (Å²) in [6.07, 6.45) is 2.50. The Kier molecular flexibility index (Phi) is 3.29. The average Bonchev–Trinajstić information content (AvgIpc) is 2.72. The van der Waals surface area contributed by atoms with Crippen molar-refractivity contribution in [3.05, 3.63) is 59.4 Å². The van der Waals surface area contributed by atoms with E-state index in [4.69, 9.17) is 0 Å². The number of hydrogen-bond acceptors (Lipinski definition) is 5. The second-order valence-electron chi connectivity index (χ2n) is 4.96. The molecule has 2 heterocycles. The van der Waals surface area contributed by atoms with Crippen molar-refractivity contribution in [2.45, 2.75) is 11.4 Å². The van der Waals surface area contributed by atoms with Crippen LogP contribution in [0, 0.1) is 0 Å². The lowest BCUT2D eigenvalue weighted by Gasteiger charge is -2.15. The zero-order chi connectivity index (χ0) is 15.9. The van der Waals surface area contributed by atoms with Crippen molar-refractivity contribution in [3.63, 3.8) is 0 Å². The molecule has 1 aliphatic rings. The number of benzene rings is 1. The fourth-order valence-electron chi connectivity index (χ4n) is 2.41. The molecule has 0 saturated heterocycles. The highest BCUT2D eigenvalue weighted by atomic mass is 32.2. The van der Waals surface area contributed by atoms with Crippen LogP contribution in [0.1, 0.15) is 26.4 Å². The van der Waals surface area contributed by atoms with Crippen LogP contribution in [0.5, 0.6) is 0 Å². The summed E-state index contributed by atoms with van der Waals surface area (Å²) in [7, 11) is -3.49. The summed E-state index contributed by atoms with van der Waals surface area (Å²) < 4.78 is 23.6. The third kappa shape index (κ3) is 2.29. The zero-order valence-corrected chi connectivity index (χ0v) is 12.5. The van der Waals surface area contributed by atoms with Gasteiger partial charge in [-0.05, 0) is 24.3 Å². The first-order chi connectivity index (χ1) is 10.4. The summed E-state index contributed by atoms with van der Waals surface area (Å²) in [6, 6.07) is 9.42. The normalized spacial score (nSPS) is 14.3. The maximum Gasteiger partial charge on any atom is 0.261 e. The lowest BCUT2D eigenvalue weighted by molar-refractivity contribution is 0.0639. The second kappa shape index (κ2) is 5.03. The van der Waals surface area contributed by atoms with Gasteiger partial charge in [-0.15, -0.1) is 0 Å². The number of hydrogen-bond donors (Lipinski definition) is 0. The Morgan fingerprint density at radius 1 is 1.00 bits per heavy atom. The largest absolute Gasteiger partial charge is 0.269 e. The molecular formula is C15H12N2O4S. The first-order valence-corrected chi connectivity index (χ1v) is 8.38. The predicted molar refractivity (Wildman–Crippen MR) is 78.0 cm³/mol. The van der Waals surface area contributed by atoms with Crippen molar-refractivity contribution in [1.29, 1.82) is 0 Å². The molecule has 2 aromatic rings. The molecule has 0 atom stereocenters. The number of imide groups is 1. The Hall–Kier alpha value is -2.54. The Morgan fingerprint density at radius 2 is 1.59 bits per heavy atom. The van der Waals surface area contributed by atoms with Crippen LogP contribution in [0.3, 0.4) is 0 Å². The van der Waals surface area contributed by atoms with E-state index in [2.05, 4.69) is 4.98 Å². The first-order valence-electron chi connectivity index (χ1n) is 6.49. The van der Waals surface area contributed by atoms with E-state index in [1.807, 2.05) is 0 Å². The first kappa shape index (κ1) is 14.4. The minimum atomic E-state index is -3.49. The zero-order valence-electron chi connectivity index (χ0n) is 11.7. The Morgan fingerprint density at radius 3 is 2.14 bits per heavy atom. The van der Waals surface area contributed by atoms with Gasteiger partial charge in [0.2, 0.25) is 0 Å². The number of carbonyl (C=O) groups excluding carboxylic acids is 2. The summed E-state index contributed by atoms with van der Waals surface area (Å²) in [5.74, 6) is -0.878. The number of nitrogens with zero attached hydrogens (tertiary/aromatic N) is 2. The van der Waals surface area contributed by atoms with Crippen molar-refractivity contribution < 1.29 is 18.0 Å². The quantitative estimate of drug-likeness (QED) is 0.796. The van der Waals surface area contributed by atoms with E-state index in [0.717, 1.165) is 11.2 Å². The van der Waals surface area contributed by atoms with Gasteiger partial charge in [0.1, 0.15) is 0 Å². The van der Waals surface area contributed by atoms with Crippen LogP contribution >= 0.6 is 0 Å². The molecule has 3 rings (SSSR count). The molecule has 0 aliphatic carbocycles. The summed E-state index contributed by atoms with van der Waals surface area (Å²) >= 11 is 0. The molecule has 0 fully saturated rings. The lowest BCUT2D eigenvalue weighted by atomic mass is 10.1. The van der Waals surface area contributed by atoms with Gasteiger partial charge in [0, 0.05) is 12.5 Å². The molecule has 1 aliphatic heterocycles. The molecule has 112 valence electrons. The number of aromatic nitrogens is 1. The van der Waals surface area contributed by atoms with Crippen LogP contribution in [0.4, 0.5) is 0 Å². The summed E-state index contributed by atoms with van der Waals surface area (Å²) in [5.41, 5.74) is 0.827. The van der Waals surface area contributed by atoms with Gasteiger partial charge in [-0.1, -0.05) is 12.1 Å². The van der Waals surface area contributed by atoms with Crippen LogP contribution in [0.2, 0.25) is 0 Å². The highest BCUT2D eigenvalue weighted by Gasteiger charge is 2.36. The van der Waals surface area contributed by atoms with E-state index >= 15 is 0 Å². The molecule has 2 amide bonds. The molecular weight excluding hydrogens is 304 g/mol. The lowest BCUT2D eigenvalue weighted by Crippen LogP contribution is -2.30. The minimum Gasteiger partial charge on any atom is -0.269 e. The van der Waals surface area contributed by atoms with E-state index < -0.39 is 21.7 Å². The van der Waals surface area contributed by atoms with Gasteiger partial charge < -0.3 is 0 Å². The fourth-order valence-corrected chi connectivity index (χ4v) is 3.28. The van der Waals surface area contributed by atoms with Crippen LogP contribution in [-0.2, 0) is 16.4 Å². The van der Waals surface area contributed by atoms with Gasteiger partial charge in [-0.25, -0.2) is 8.42 Å². The number of pyridine rings is 1. The number of fused-ring (bicyclic) bond motifs is 1. The molecule has 1 aromatic heterocycles. The summed E-state index contributed by atoms with van der Waals surface area (Å²) in [5, 5.41) is 0. The standard InChI is InChI=1S/C15H12N2O4S/c1-22(20,21)13-7-4-8-16-12(13)9-17-14(18)10-5-2-3-6-11(10)15(17)19/h2-8H,9H2,1H3. The number of rotatable bonds is 3. The smallest absolute Gasteiger partial charge is 0.261 e. The molecule has 0 saturated carbocycles. The van der Waals surface area contributed by atoms with Gasteiger partial charge in [0.05, 0.1) is 28.3 Å². The molecule has 0 N–H and O–H groups in total. The Balaban J connectivity index is 2.00. The van der Waals surface area contributed by atoms with Crippen molar-refractivity contribution in [3.8, 4) is 0 Å². The van der Waals surface area contributed by atoms with Crippen molar-refractivity contribution in [2.24, 2.45) is 0 Å². The maximum atomic E-state index is 12.3. The van der Waals surface area contributed by atoms with Gasteiger partial charge in [-0.3, -0.25) is 19.5 Å². The molecule has 0 spiro atoms. The minimum absolute atomic E-state index is 0.0200. The van der Waals surface area contributed by atoms with Gasteiger partial charge in [0.25, 0.3) is 11.8 Å². The number of amides is 2. The van der Waals surface area contributed by atoms with E-state index in [-0.39, 0.29) is 17.1 Å². The van der Waals surface area contributed by atoms with E-state index in [0.29, 0.717) is 11.1 Å². The van der Waals surface area contributed by atoms with Gasteiger partial charge in [-0.2, -0.15) is 0 Å². The third-order valence-corrected chi connectivity index (χ3v) is 4.60. The molecule has 6 nitrogen and oxygen atoms in total. The van der Waals surface area contributed by atoms with Gasteiger partial charge >= 0.3 is 0 Å². The Bertz CT molecular complexity index is 855. The van der Waals surface area contributed by atoms with Crippen molar-refractivity contribution >= 4 is 21.7 Å². The molecule has 1 aromatic carbocycles. The molecule has 0 bridgehead atoms. The average molecular weight is 316 g/mol. The topological polar surface area (TPSA) is 84.4 Å². The predicted octanol–water partition coefficient (Wildman–Crippen LogP) is 1.28. The summed E-state index contributed by atoms with van der Waals surface area (Å²) in [4.78, 5) is 29.7. The molecule has 0 unspecified atom stereocenters. The van der Waals surface area contributed by atoms with E-state index in [9.17, 15) is 18.0 Å². The third-order valence-electron chi connectivity index (χ3n) is 3.43. The Labute approximate surface area is 127 Å². The molecule has 7 heteroatoms. The molecule has 22 heavy (non-hydrogen) atoms. The monoisotopic (exact) mass is 316 g/mol. The van der Waals surface area contributed by atoms with Gasteiger partial charge in [0.15, 0.2) is 9.84 Å². The van der Waals surface area contributed by atoms with Crippen molar-refractivity contribution in [1.82, 2.24) is 9.88 Å². The maximum absolute atomic E-state index is 12.3. The van der Waals surface area contributed by atoms with E-state index in [1.54, 1.807) is 24.3 Å². The van der Waals surface area contributed by atoms with Crippen LogP contribution < -0.4 is 0 Å². The van der Waals surface area contributed by atoms with Crippen LogP contribution in [0.15, 0.2) is 47.5 Å². The number of carbonyl (C=O) groups is 2. The SMILES string of the molecule is CS(=O)(=O)c1cccnc1CN1C(=O)c2ccccc2C1=O. The van der Waals surface area contributed by atoms with Crippen molar-refractivity contribution in [2.75, 3.05) is 6.26 Å². The van der Waals surface area contributed by atoms with Crippen LogP contribution in [0.25, 0.3) is 0 Å². The van der Waals surface area contributed by atoms with Crippen LogP contribution in [-0.4, -0.2) is 36.4 Å². The summed E-state index contributed by atoms with van der Waals surface area (Å²) in [6.45, 7) is -0.171. The highest BCUT2D eigenvalue weighted by Crippen LogP contribution is 2.25. The fraction of sp³-hybridized carbons (Fsp3) is 0.133. The number of sulfone groups is 1. The van der Waals surface area contributed by atoms with E-state index in [1.165, 1.54) is 18.3 Å². The second-order valence-corrected chi connectivity index (χ2v) is 6.95. The highest BCUT2D eigenvalue weighted by molar-refractivity contribution is 7.90. The molecule has 0 radical (unpaired) electrons.